The van der Waals surface area contributed by atoms with Crippen LogP contribution >= 0.6 is 0 Å². The molecule has 88 valence electrons. The largest absolute Gasteiger partial charge is 0.350 e. The Morgan fingerprint density at radius 2 is 2.25 bits per heavy atom. The van der Waals surface area contributed by atoms with Crippen molar-refractivity contribution >= 4 is 11.7 Å². The Morgan fingerprint density at radius 3 is 2.88 bits per heavy atom. The lowest BCUT2D eigenvalue weighted by Crippen LogP contribution is -2.31. The Labute approximate surface area is 96.0 Å². The molecule has 0 unspecified atom stereocenters. The predicted molar refractivity (Wildman–Crippen MR) is 63.9 cm³/mol. The first-order valence-electron chi connectivity index (χ1n) is 5.65. The summed E-state index contributed by atoms with van der Waals surface area (Å²) in [6.45, 7) is 6.71. The number of hydrazone groups is 1. The normalized spacial score (nSPS) is 37.7. The molecule has 2 amide bonds. The molecule has 0 aliphatic heterocycles. The van der Waals surface area contributed by atoms with Crippen LogP contribution in [0.15, 0.2) is 17.3 Å². The molecular weight excluding hydrogens is 202 g/mol. The lowest BCUT2D eigenvalue weighted by molar-refractivity contribution is 0.226. The summed E-state index contributed by atoms with van der Waals surface area (Å²) in [5.41, 5.74) is 8.74. The van der Waals surface area contributed by atoms with Crippen molar-refractivity contribution < 1.29 is 4.79 Å². The van der Waals surface area contributed by atoms with E-state index in [1.54, 1.807) is 0 Å². The molecule has 3 N–H and O–H groups in total. The average Bonchev–Trinajstić information content (AvgIpc) is 2.62. The molecule has 2 atom stereocenters. The quantitative estimate of drug-likeness (QED) is 0.516. The Kier molecular flexibility index (Phi) is 2.33. The van der Waals surface area contributed by atoms with E-state index in [4.69, 9.17) is 5.73 Å². The van der Waals surface area contributed by atoms with Crippen molar-refractivity contribution in [2.24, 2.45) is 27.6 Å². The van der Waals surface area contributed by atoms with Crippen LogP contribution in [0.5, 0.6) is 0 Å². The second-order valence-corrected chi connectivity index (χ2v) is 5.73. The van der Waals surface area contributed by atoms with Crippen LogP contribution in [0.3, 0.4) is 0 Å². The zero-order valence-corrected chi connectivity index (χ0v) is 10.1. The van der Waals surface area contributed by atoms with Gasteiger partial charge in [-0.2, -0.15) is 5.10 Å². The van der Waals surface area contributed by atoms with Gasteiger partial charge in [0.2, 0.25) is 0 Å². The molecule has 1 fully saturated rings. The monoisotopic (exact) mass is 221 g/mol. The smallest absolute Gasteiger partial charge is 0.332 e. The molecule has 0 radical (unpaired) electrons. The molecule has 2 aliphatic rings. The van der Waals surface area contributed by atoms with Crippen molar-refractivity contribution in [3.63, 3.8) is 0 Å². The van der Waals surface area contributed by atoms with Crippen LogP contribution in [-0.4, -0.2) is 11.7 Å². The average molecular weight is 221 g/mol. The van der Waals surface area contributed by atoms with Gasteiger partial charge in [-0.05, 0) is 24.2 Å². The lowest BCUT2D eigenvalue weighted by Gasteiger charge is -2.30. The van der Waals surface area contributed by atoms with E-state index in [0.717, 1.165) is 18.6 Å². The summed E-state index contributed by atoms with van der Waals surface area (Å²) in [6, 6.07) is -0.594. The van der Waals surface area contributed by atoms with Gasteiger partial charge < -0.3 is 5.73 Å². The van der Waals surface area contributed by atoms with Crippen LogP contribution < -0.4 is 11.2 Å². The number of nitrogens with zero attached hydrogens (tertiary/aromatic N) is 1. The van der Waals surface area contributed by atoms with Crippen LogP contribution in [0.4, 0.5) is 4.79 Å². The Hall–Kier alpha value is -1.32. The number of nitrogens with two attached hydrogens (primary N) is 1. The zero-order valence-electron chi connectivity index (χ0n) is 10.1. The molecular formula is C12H19N3O. The van der Waals surface area contributed by atoms with E-state index in [9.17, 15) is 4.79 Å². The number of allylic oxidation sites excluding steroid dienone is 2. The maximum atomic E-state index is 10.7. The zero-order chi connectivity index (χ0) is 12.0. The van der Waals surface area contributed by atoms with Gasteiger partial charge in [-0.1, -0.05) is 32.9 Å². The number of carbonyl (C=O) groups is 1. The third-order valence-electron chi connectivity index (χ3n) is 3.98. The van der Waals surface area contributed by atoms with Gasteiger partial charge in [0, 0.05) is 11.1 Å². The first-order chi connectivity index (χ1) is 7.36. The molecule has 0 bridgehead atoms. The number of urea groups is 1. The van der Waals surface area contributed by atoms with E-state index in [1.807, 2.05) is 0 Å². The van der Waals surface area contributed by atoms with E-state index < -0.39 is 6.03 Å². The second-order valence-electron chi connectivity index (χ2n) is 5.73. The number of rotatable bonds is 1. The van der Waals surface area contributed by atoms with E-state index in [-0.39, 0.29) is 10.8 Å². The number of amides is 2. The highest BCUT2D eigenvalue weighted by molar-refractivity contribution is 5.94. The van der Waals surface area contributed by atoms with Crippen LogP contribution in [0.2, 0.25) is 0 Å². The highest BCUT2D eigenvalue weighted by Gasteiger charge is 2.54. The molecule has 0 heterocycles. The highest BCUT2D eigenvalue weighted by atomic mass is 16.2. The Bertz CT molecular complexity index is 384. The number of hydrogen-bond acceptors (Lipinski definition) is 2. The van der Waals surface area contributed by atoms with Crippen molar-refractivity contribution in [2.45, 2.75) is 33.6 Å². The molecule has 16 heavy (non-hydrogen) atoms. The van der Waals surface area contributed by atoms with Crippen molar-refractivity contribution in [1.29, 1.82) is 0 Å². The van der Waals surface area contributed by atoms with Gasteiger partial charge in [-0.25, -0.2) is 10.2 Å². The Morgan fingerprint density at radius 1 is 1.56 bits per heavy atom. The molecule has 4 heteroatoms. The second kappa shape index (κ2) is 3.34. The van der Waals surface area contributed by atoms with Crippen LogP contribution in [0.1, 0.15) is 33.6 Å². The summed E-state index contributed by atoms with van der Waals surface area (Å²) in [7, 11) is 0. The summed E-state index contributed by atoms with van der Waals surface area (Å²) in [4.78, 5) is 10.7. The van der Waals surface area contributed by atoms with Crippen LogP contribution in [-0.2, 0) is 0 Å². The lowest BCUT2D eigenvalue weighted by atomic mass is 9.73. The fraction of sp³-hybridized carbons (Fsp3) is 0.667. The van der Waals surface area contributed by atoms with E-state index in [0.29, 0.717) is 5.92 Å². The number of primary amides is 1. The van der Waals surface area contributed by atoms with Gasteiger partial charge >= 0.3 is 6.03 Å². The van der Waals surface area contributed by atoms with Gasteiger partial charge in [-0.3, -0.25) is 0 Å². The first-order valence-corrected chi connectivity index (χ1v) is 5.65. The minimum Gasteiger partial charge on any atom is -0.350 e. The van der Waals surface area contributed by atoms with Gasteiger partial charge in [0.15, 0.2) is 0 Å². The van der Waals surface area contributed by atoms with Crippen molar-refractivity contribution in [2.75, 3.05) is 0 Å². The fourth-order valence-corrected chi connectivity index (χ4v) is 3.24. The fourth-order valence-electron chi connectivity index (χ4n) is 3.24. The number of nitrogens with one attached hydrogen (secondary N) is 1. The molecule has 2 rings (SSSR count). The van der Waals surface area contributed by atoms with Crippen molar-refractivity contribution in [1.82, 2.24) is 5.43 Å². The van der Waals surface area contributed by atoms with Crippen molar-refractivity contribution in [3.8, 4) is 0 Å². The third-order valence-corrected chi connectivity index (χ3v) is 3.98. The maximum Gasteiger partial charge on any atom is 0.332 e. The van der Waals surface area contributed by atoms with Gasteiger partial charge in [0.05, 0.1) is 0 Å². The molecule has 0 aromatic carbocycles. The third kappa shape index (κ3) is 1.52. The minimum atomic E-state index is -0.594. The predicted octanol–water partition coefficient (Wildman–Crippen LogP) is 2.02. The standard InChI is InChI=1S/C12H19N3O/c1-11(2)7-9(14-15-10(13)16)12(3)6-4-5-8(11)12/h4-5,8H,6-7H2,1-3H3,(H3,13,15,16)/b14-9-/t8-,12-/m1/s1. The van der Waals surface area contributed by atoms with E-state index in [2.05, 4.69) is 43.5 Å². The van der Waals surface area contributed by atoms with Gasteiger partial charge in [-0.15, -0.1) is 0 Å². The minimum absolute atomic E-state index is 0.0615. The molecule has 4 nitrogen and oxygen atoms in total. The topological polar surface area (TPSA) is 67.5 Å². The summed E-state index contributed by atoms with van der Waals surface area (Å²) in [5, 5.41) is 4.18. The van der Waals surface area contributed by atoms with E-state index >= 15 is 0 Å². The summed E-state index contributed by atoms with van der Waals surface area (Å²) in [6.07, 6.45) is 6.41. The molecule has 2 aliphatic carbocycles. The number of hydrogen-bond donors (Lipinski definition) is 2. The molecule has 0 saturated heterocycles. The van der Waals surface area contributed by atoms with E-state index in [1.165, 1.54) is 0 Å². The van der Waals surface area contributed by atoms with Crippen LogP contribution in [0.25, 0.3) is 0 Å². The maximum absolute atomic E-state index is 10.7. The first kappa shape index (κ1) is 11.2. The summed E-state index contributed by atoms with van der Waals surface area (Å²) >= 11 is 0. The molecule has 0 aromatic rings. The SMILES string of the molecule is CC1(C)C/C(=N/NC(N)=O)[C@]2(C)CC=C[C@H]12. The van der Waals surface area contributed by atoms with Crippen LogP contribution in [0, 0.1) is 16.7 Å². The number of carbonyl (C=O) groups excluding carboxylic acids is 1. The summed E-state index contributed by atoms with van der Waals surface area (Å²) < 4.78 is 0. The van der Waals surface area contributed by atoms with Gasteiger partial charge in [0.25, 0.3) is 0 Å². The molecule has 0 aromatic heterocycles. The Balaban J connectivity index is 2.30. The number of fused-ring (bicyclic) bond motifs is 1. The van der Waals surface area contributed by atoms with Gasteiger partial charge in [0.1, 0.15) is 0 Å². The highest BCUT2D eigenvalue weighted by Crippen LogP contribution is 2.57. The van der Waals surface area contributed by atoms with Crippen molar-refractivity contribution in [3.05, 3.63) is 12.2 Å². The summed E-state index contributed by atoms with van der Waals surface area (Å²) in [5.74, 6) is 0.508. The molecule has 0 spiro atoms. The molecule has 1 saturated carbocycles.